The maximum Gasteiger partial charge on any atom is 0.262 e. The second kappa shape index (κ2) is 4.96. The summed E-state index contributed by atoms with van der Waals surface area (Å²) in [7, 11) is 1.56. The summed E-state index contributed by atoms with van der Waals surface area (Å²) in [6.07, 6.45) is 2.49. The summed E-state index contributed by atoms with van der Waals surface area (Å²) in [4.78, 5) is 19.0. The predicted molar refractivity (Wildman–Crippen MR) is 74.5 cm³/mol. The fraction of sp³-hybridized carbons (Fsp3) is 0.333. The normalized spacial score (nSPS) is 16.5. The van der Waals surface area contributed by atoms with E-state index in [1.54, 1.807) is 7.11 Å². The molecule has 0 bridgehead atoms. The van der Waals surface area contributed by atoms with Crippen LogP contribution in [-0.4, -0.2) is 22.2 Å². The van der Waals surface area contributed by atoms with Crippen LogP contribution >= 0.6 is 0 Å². The van der Waals surface area contributed by atoms with Gasteiger partial charge in [0.15, 0.2) is 0 Å². The molecule has 1 aromatic carbocycles. The Bertz CT molecular complexity index is 715. The molecule has 1 aromatic heterocycles. The molecule has 110 valence electrons. The molecule has 0 radical (unpaired) electrons. The van der Waals surface area contributed by atoms with E-state index in [1.165, 1.54) is 24.3 Å². The minimum absolute atomic E-state index is 0.0318. The highest BCUT2D eigenvalue weighted by atomic mass is 19.1. The van der Waals surface area contributed by atoms with E-state index < -0.39 is 17.0 Å². The largest absolute Gasteiger partial charge is 0.493 e. The zero-order valence-corrected chi connectivity index (χ0v) is 11.5. The van der Waals surface area contributed by atoms with Crippen molar-refractivity contribution < 1.29 is 14.2 Å². The number of aromatic amines is 1. The number of aromatic nitrogens is 2. The van der Waals surface area contributed by atoms with Crippen molar-refractivity contribution in [3.05, 3.63) is 46.3 Å². The van der Waals surface area contributed by atoms with Crippen molar-refractivity contribution in [3.8, 4) is 17.0 Å². The first-order valence-electron chi connectivity index (χ1n) is 6.70. The fourth-order valence-electron chi connectivity index (χ4n) is 2.59. The first kappa shape index (κ1) is 13.8. The third kappa shape index (κ3) is 2.21. The van der Waals surface area contributed by atoms with E-state index in [0.717, 1.165) is 19.3 Å². The number of hydrogen-bond acceptors (Lipinski definition) is 4. The lowest BCUT2D eigenvalue weighted by Crippen LogP contribution is -2.39. The number of nitrogens with one attached hydrogen (secondary N) is 1. The van der Waals surface area contributed by atoms with Crippen LogP contribution in [-0.2, 0) is 10.3 Å². The summed E-state index contributed by atoms with van der Waals surface area (Å²) in [6.45, 7) is 0. The Morgan fingerprint density at radius 1 is 1.33 bits per heavy atom. The molecule has 2 aromatic rings. The minimum Gasteiger partial charge on any atom is -0.493 e. The van der Waals surface area contributed by atoms with Crippen LogP contribution in [0, 0.1) is 5.82 Å². The van der Waals surface area contributed by atoms with Crippen molar-refractivity contribution in [2.75, 3.05) is 7.11 Å². The molecule has 0 spiro atoms. The Morgan fingerprint density at radius 2 is 2.00 bits per heavy atom. The molecule has 0 unspecified atom stereocenters. The molecule has 3 rings (SSSR count). The molecule has 0 saturated heterocycles. The predicted octanol–water partition coefficient (Wildman–Crippen LogP) is 2.31. The van der Waals surface area contributed by atoms with E-state index in [-0.39, 0.29) is 11.4 Å². The Labute approximate surface area is 120 Å². The van der Waals surface area contributed by atoms with Gasteiger partial charge in [-0.05, 0) is 37.0 Å². The summed E-state index contributed by atoms with van der Waals surface area (Å²) in [5, 5.41) is 10.1. The van der Waals surface area contributed by atoms with Crippen LogP contribution in [0.25, 0.3) is 11.1 Å². The summed E-state index contributed by atoms with van der Waals surface area (Å²) < 4.78 is 18.4. The number of ether oxygens (including phenoxy) is 1. The molecule has 0 aliphatic heterocycles. The van der Waals surface area contributed by atoms with Crippen molar-refractivity contribution in [2.45, 2.75) is 24.9 Å². The highest BCUT2D eigenvalue weighted by molar-refractivity contribution is 5.67. The molecule has 21 heavy (non-hydrogen) atoms. The zero-order valence-electron chi connectivity index (χ0n) is 11.5. The Hall–Kier alpha value is -2.21. The number of hydrogen-bond donors (Lipinski definition) is 2. The van der Waals surface area contributed by atoms with E-state index >= 15 is 0 Å². The Balaban J connectivity index is 2.09. The van der Waals surface area contributed by atoms with Gasteiger partial charge in [0.25, 0.3) is 5.56 Å². The highest BCUT2D eigenvalue weighted by Crippen LogP contribution is 2.43. The van der Waals surface area contributed by atoms with Gasteiger partial charge in [0, 0.05) is 7.11 Å². The molecule has 6 heteroatoms. The monoisotopic (exact) mass is 290 g/mol. The van der Waals surface area contributed by atoms with Crippen LogP contribution in [0.3, 0.4) is 0 Å². The van der Waals surface area contributed by atoms with E-state index in [2.05, 4.69) is 9.97 Å². The van der Waals surface area contributed by atoms with Crippen LogP contribution < -0.4 is 5.56 Å². The van der Waals surface area contributed by atoms with Crippen molar-refractivity contribution >= 4 is 0 Å². The second-order valence-corrected chi connectivity index (χ2v) is 5.17. The molecule has 1 fully saturated rings. The molecule has 2 N–H and O–H groups in total. The van der Waals surface area contributed by atoms with Crippen LogP contribution in [0.5, 0.6) is 5.88 Å². The van der Waals surface area contributed by atoms with Crippen LogP contribution in [0.2, 0.25) is 0 Å². The number of nitrogens with zero attached hydrogens (tertiary/aromatic N) is 1. The summed E-state index contributed by atoms with van der Waals surface area (Å²) in [6, 6.07) is 5.31. The van der Waals surface area contributed by atoms with Gasteiger partial charge in [-0.25, -0.2) is 4.39 Å². The van der Waals surface area contributed by atoms with Gasteiger partial charge < -0.3 is 14.8 Å². The smallest absolute Gasteiger partial charge is 0.262 e. The number of H-pyrrole nitrogens is 1. The van der Waals surface area contributed by atoms with Crippen LogP contribution in [0.15, 0.2) is 29.1 Å². The molecule has 1 aliphatic rings. The van der Waals surface area contributed by atoms with Crippen molar-refractivity contribution in [2.24, 2.45) is 0 Å². The van der Waals surface area contributed by atoms with Gasteiger partial charge in [-0.3, -0.25) is 4.79 Å². The molecule has 0 amide bonds. The summed E-state index contributed by atoms with van der Waals surface area (Å²) in [5.74, 6) is -0.444. The van der Waals surface area contributed by atoms with E-state index in [0.29, 0.717) is 11.4 Å². The average molecular weight is 290 g/mol. The van der Waals surface area contributed by atoms with Crippen molar-refractivity contribution in [3.63, 3.8) is 0 Å². The quantitative estimate of drug-likeness (QED) is 0.909. The molecule has 1 heterocycles. The molecular formula is C15H15FN2O3. The third-order valence-electron chi connectivity index (χ3n) is 4.02. The van der Waals surface area contributed by atoms with Gasteiger partial charge in [0.05, 0.1) is 0 Å². The van der Waals surface area contributed by atoms with Gasteiger partial charge in [-0.15, -0.1) is 0 Å². The molecule has 1 aliphatic carbocycles. The number of aromatic hydroxyl groups is 1. The SMILES string of the molecule is COC1(c2nc(O)c(-c3ccc(F)cc3)c(=O)[nH]2)CCC1. The maximum absolute atomic E-state index is 12.9. The lowest BCUT2D eigenvalue weighted by molar-refractivity contribution is -0.0850. The number of halogens is 1. The van der Waals surface area contributed by atoms with E-state index in [4.69, 9.17) is 4.74 Å². The summed E-state index contributed by atoms with van der Waals surface area (Å²) in [5.41, 5.74) is -0.635. The van der Waals surface area contributed by atoms with Gasteiger partial charge >= 0.3 is 0 Å². The fourth-order valence-corrected chi connectivity index (χ4v) is 2.59. The topological polar surface area (TPSA) is 75.2 Å². The lowest BCUT2D eigenvalue weighted by atomic mass is 9.79. The third-order valence-corrected chi connectivity index (χ3v) is 4.02. The van der Waals surface area contributed by atoms with Gasteiger partial charge in [0.1, 0.15) is 22.8 Å². The molecular weight excluding hydrogens is 275 g/mol. The zero-order chi connectivity index (χ0) is 15.0. The molecule has 1 saturated carbocycles. The number of methoxy groups -OCH3 is 1. The minimum atomic E-state index is -0.613. The standard InChI is InChI=1S/C15H15FN2O3/c1-21-15(7-2-8-15)14-17-12(19)11(13(20)18-14)9-3-5-10(16)6-4-9/h3-6H,2,7-8H2,1H3,(H2,17,18,19,20). The lowest BCUT2D eigenvalue weighted by Gasteiger charge is -2.39. The van der Waals surface area contributed by atoms with Crippen molar-refractivity contribution in [1.29, 1.82) is 0 Å². The average Bonchev–Trinajstić information content (AvgIpc) is 2.40. The van der Waals surface area contributed by atoms with Crippen LogP contribution in [0.4, 0.5) is 4.39 Å². The second-order valence-electron chi connectivity index (χ2n) is 5.17. The Morgan fingerprint density at radius 3 is 2.48 bits per heavy atom. The highest BCUT2D eigenvalue weighted by Gasteiger charge is 2.42. The van der Waals surface area contributed by atoms with E-state index in [1.807, 2.05) is 0 Å². The van der Waals surface area contributed by atoms with Crippen molar-refractivity contribution in [1.82, 2.24) is 9.97 Å². The maximum atomic E-state index is 12.9. The molecule has 5 nitrogen and oxygen atoms in total. The molecule has 0 atom stereocenters. The first-order chi connectivity index (χ1) is 10.1. The first-order valence-corrected chi connectivity index (χ1v) is 6.70. The van der Waals surface area contributed by atoms with E-state index in [9.17, 15) is 14.3 Å². The van der Waals surface area contributed by atoms with Gasteiger partial charge in [0.2, 0.25) is 5.88 Å². The van der Waals surface area contributed by atoms with Gasteiger partial charge in [-0.1, -0.05) is 12.1 Å². The number of benzene rings is 1. The van der Waals surface area contributed by atoms with Gasteiger partial charge in [-0.2, -0.15) is 4.98 Å². The van der Waals surface area contributed by atoms with Crippen LogP contribution in [0.1, 0.15) is 25.1 Å². The Kier molecular flexibility index (Phi) is 3.25. The summed E-state index contributed by atoms with van der Waals surface area (Å²) >= 11 is 0. The number of rotatable bonds is 3.